The van der Waals surface area contributed by atoms with Crippen molar-refractivity contribution < 1.29 is 4.79 Å². The Balaban J connectivity index is 1.86. The molecule has 3 nitrogen and oxygen atoms in total. The first-order valence-electron chi connectivity index (χ1n) is 6.84. The van der Waals surface area contributed by atoms with Crippen LogP contribution in [0.3, 0.4) is 0 Å². The number of hydrogen-bond acceptors (Lipinski definition) is 2. The second-order valence-electron chi connectivity index (χ2n) is 4.90. The highest BCUT2D eigenvalue weighted by Crippen LogP contribution is 2.14. The van der Waals surface area contributed by atoms with E-state index in [9.17, 15) is 4.79 Å². The van der Waals surface area contributed by atoms with Crippen molar-refractivity contribution in [3.63, 3.8) is 0 Å². The Bertz CT molecular complexity index is 566. The van der Waals surface area contributed by atoms with E-state index in [0.29, 0.717) is 12.8 Å². The predicted octanol–water partition coefficient (Wildman–Crippen LogP) is 3.08. The van der Waals surface area contributed by atoms with Gasteiger partial charge in [0, 0.05) is 12.1 Å². The fourth-order valence-electron chi connectivity index (χ4n) is 2.15. The van der Waals surface area contributed by atoms with Crippen molar-refractivity contribution in [2.75, 3.05) is 5.73 Å². The van der Waals surface area contributed by atoms with Gasteiger partial charge in [-0.1, -0.05) is 48.5 Å². The number of carbonyl (C=O) groups excluding carboxylic acids is 1. The third-order valence-electron chi connectivity index (χ3n) is 3.35. The van der Waals surface area contributed by atoms with E-state index in [4.69, 9.17) is 5.73 Å². The summed E-state index contributed by atoms with van der Waals surface area (Å²) in [4.78, 5) is 12.0. The molecule has 0 fully saturated rings. The number of amides is 1. The molecule has 0 saturated heterocycles. The summed E-state index contributed by atoms with van der Waals surface area (Å²) < 4.78 is 0. The average Bonchev–Trinajstić information content (AvgIpc) is 2.47. The molecule has 0 aliphatic rings. The van der Waals surface area contributed by atoms with Crippen LogP contribution in [0.1, 0.15) is 30.5 Å². The lowest BCUT2D eigenvalue weighted by Gasteiger charge is -2.14. The van der Waals surface area contributed by atoms with E-state index < -0.39 is 0 Å². The molecular formula is C17H20N2O. The highest BCUT2D eigenvalue weighted by molar-refractivity contribution is 5.77. The minimum Gasteiger partial charge on any atom is -0.399 e. The lowest BCUT2D eigenvalue weighted by molar-refractivity contribution is -0.121. The van der Waals surface area contributed by atoms with E-state index in [-0.39, 0.29) is 11.9 Å². The van der Waals surface area contributed by atoms with Gasteiger partial charge in [-0.05, 0) is 30.5 Å². The van der Waals surface area contributed by atoms with Crippen LogP contribution in [0.5, 0.6) is 0 Å². The fourth-order valence-corrected chi connectivity index (χ4v) is 2.15. The van der Waals surface area contributed by atoms with Crippen LogP contribution in [0.4, 0.5) is 5.69 Å². The molecule has 0 aliphatic heterocycles. The summed E-state index contributed by atoms with van der Waals surface area (Å²) in [7, 11) is 0. The Hall–Kier alpha value is -2.29. The SMILES string of the molecule is C[C@H](NC(=O)CCc1ccccc1N)c1ccccc1. The van der Waals surface area contributed by atoms with Crippen molar-refractivity contribution in [2.45, 2.75) is 25.8 Å². The smallest absolute Gasteiger partial charge is 0.220 e. The number of para-hydroxylation sites is 1. The summed E-state index contributed by atoms with van der Waals surface area (Å²) in [5.74, 6) is 0.0459. The zero-order chi connectivity index (χ0) is 14.4. The zero-order valence-corrected chi connectivity index (χ0v) is 11.7. The second kappa shape index (κ2) is 6.75. The summed E-state index contributed by atoms with van der Waals surface area (Å²) in [6.45, 7) is 1.99. The van der Waals surface area contributed by atoms with Gasteiger partial charge in [-0.25, -0.2) is 0 Å². The number of rotatable bonds is 5. The Labute approximate surface area is 119 Å². The van der Waals surface area contributed by atoms with E-state index in [1.807, 2.05) is 61.5 Å². The molecule has 0 bridgehead atoms. The average molecular weight is 268 g/mol. The number of benzene rings is 2. The van der Waals surface area contributed by atoms with Crippen molar-refractivity contribution in [2.24, 2.45) is 0 Å². The van der Waals surface area contributed by atoms with Crippen molar-refractivity contribution in [1.82, 2.24) is 5.32 Å². The molecule has 0 spiro atoms. The highest BCUT2D eigenvalue weighted by Gasteiger charge is 2.09. The molecule has 0 aliphatic carbocycles. The van der Waals surface area contributed by atoms with E-state index >= 15 is 0 Å². The molecule has 0 aromatic heterocycles. The van der Waals surface area contributed by atoms with Crippen LogP contribution in [-0.4, -0.2) is 5.91 Å². The highest BCUT2D eigenvalue weighted by atomic mass is 16.1. The van der Waals surface area contributed by atoms with E-state index in [1.165, 1.54) is 0 Å². The molecule has 1 amide bonds. The lowest BCUT2D eigenvalue weighted by atomic mass is 10.1. The van der Waals surface area contributed by atoms with Gasteiger partial charge in [-0.15, -0.1) is 0 Å². The first kappa shape index (κ1) is 14.1. The molecule has 1 atom stereocenters. The molecule has 3 N–H and O–H groups in total. The van der Waals surface area contributed by atoms with Crippen LogP contribution in [-0.2, 0) is 11.2 Å². The maximum Gasteiger partial charge on any atom is 0.220 e. The van der Waals surface area contributed by atoms with Gasteiger partial charge in [0.2, 0.25) is 5.91 Å². The Morgan fingerprint density at radius 1 is 1.10 bits per heavy atom. The summed E-state index contributed by atoms with van der Waals surface area (Å²) in [5.41, 5.74) is 8.75. The van der Waals surface area contributed by atoms with Crippen molar-refractivity contribution in [1.29, 1.82) is 0 Å². The number of carbonyl (C=O) groups is 1. The van der Waals surface area contributed by atoms with Crippen molar-refractivity contribution in [3.05, 3.63) is 65.7 Å². The van der Waals surface area contributed by atoms with E-state index in [1.54, 1.807) is 0 Å². The maximum absolute atomic E-state index is 12.0. The topological polar surface area (TPSA) is 55.1 Å². The number of aryl methyl sites for hydroxylation is 1. The third-order valence-corrected chi connectivity index (χ3v) is 3.35. The molecule has 3 heteroatoms. The largest absolute Gasteiger partial charge is 0.399 e. The minimum absolute atomic E-state index is 0.0248. The molecule has 0 unspecified atom stereocenters. The van der Waals surface area contributed by atoms with Gasteiger partial charge in [0.15, 0.2) is 0 Å². The van der Waals surface area contributed by atoms with Gasteiger partial charge >= 0.3 is 0 Å². The van der Waals surface area contributed by atoms with Crippen molar-refractivity contribution in [3.8, 4) is 0 Å². The molecule has 2 aromatic carbocycles. The molecule has 104 valence electrons. The first-order chi connectivity index (χ1) is 9.66. The lowest BCUT2D eigenvalue weighted by Crippen LogP contribution is -2.26. The van der Waals surface area contributed by atoms with Gasteiger partial charge in [0.05, 0.1) is 6.04 Å². The van der Waals surface area contributed by atoms with E-state index in [2.05, 4.69) is 5.32 Å². The summed E-state index contributed by atoms with van der Waals surface area (Å²) in [5, 5.41) is 3.01. The van der Waals surface area contributed by atoms with Crippen LogP contribution in [0.15, 0.2) is 54.6 Å². The van der Waals surface area contributed by atoms with Crippen LogP contribution in [0.2, 0.25) is 0 Å². The third kappa shape index (κ3) is 3.85. The van der Waals surface area contributed by atoms with Gasteiger partial charge in [-0.2, -0.15) is 0 Å². The normalized spacial score (nSPS) is 11.8. The number of nitrogens with two attached hydrogens (primary N) is 1. The van der Waals surface area contributed by atoms with Crippen LogP contribution >= 0.6 is 0 Å². The van der Waals surface area contributed by atoms with Crippen LogP contribution < -0.4 is 11.1 Å². The molecular weight excluding hydrogens is 248 g/mol. The minimum atomic E-state index is 0.0248. The summed E-state index contributed by atoms with van der Waals surface area (Å²) >= 11 is 0. The number of hydrogen-bond donors (Lipinski definition) is 2. The second-order valence-corrected chi connectivity index (χ2v) is 4.90. The Kier molecular flexibility index (Phi) is 4.77. The van der Waals surface area contributed by atoms with E-state index in [0.717, 1.165) is 16.8 Å². The number of anilines is 1. The van der Waals surface area contributed by atoms with Crippen molar-refractivity contribution >= 4 is 11.6 Å². The zero-order valence-electron chi connectivity index (χ0n) is 11.7. The molecule has 20 heavy (non-hydrogen) atoms. The Morgan fingerprint density at radius 2 is 1.75 bits per heavy atom. The number of nitrogen functional groups attached to an aromatic ring is 1. The fraction of sp³-hybridized carbons (Fsp3) is 0.235. The van der Waals surface area contributed by atoms with Gasteiger partial charge in [-0.3, -0.25) is 4.79 Å². The molecule has 2 aromatic rings. The predicted molar refractivity (Wildman–Crippen MR) is 82.2 cm³/mol. The molecule has 0 radical (unpaired) electrons. The molecule has 2 rings (SSSR count). The molecule has 0 saturated carbocycles. The maximum atomic E-state index is 12.0. The molecule has 0 heterocycles. The van der Waals surface area contributed by atoms with Crippen LogP contribution in [0.25, 0.3) is 0 Å². The van der Waals surface area contributed by atoms with Gasteiger partial charge < -0.3 is 11.1 Å². The summed E-state index contributed by atoms with van der Waals surface area (Å²) in [6.07, 6.45) is 1.12. The monoisotopic (exact) mass is 268 g/mol. The van der Waals surface area contributed by atoms with Crippen LogP contribution in [0, 0.1) is 0 Å². The van der Waals surface area contributed by atoms with Gasteiger partial charge in [0.1, 0.15) is 0 Å². The standard InChI is InChI=1S/C17H20N2O/c1-13(14-7-3-2-4-8-14)19-17(20)12-11-15-9-5-6-10-16(15)18/h2-10,13H,11-12,18H2,1H3,(H,19,20)/t13-/m0/s1. The quantitative estimate of drug-likeness (QED) is 0.819. The van der Waals surface area contributed by atoms with Gasteiger partial charge in [0.25, 0.3) is 0 Å². The summed E-state index contributed by atoms with van der Waals surface area (Å²) in [6, 6.07) is 17.6. The number of nitrogens with one attached hydrogen (secondary N) is 1. The first-order valence-corrected chi connectivity index (χ1v) is 6.84. The Morgan fingerprint density at radius 3 is 2.45 bits per heavy atom.